The van der Waals surface area contributed by atoms with Gasteiger partial charge in [0.2, 0.25) is 5.01 Å². The standard InChI is InChI=1S/C11H8F3N3O4S3/c12-11(13,14)9-15-16-10(24-9)23-2-3-1-22-7-5(18)6(19)17(7)4(3)8(20)21/h5,7,18H,1-2H2,(H,20,21)/t5-,7-/m1/s1. The van der Waals surface area contributed by atoms with Crippen molar-refractivity contribution < 1.29 is 33.0 Å². The summed E-state index contributed by atoms with van der Waals surface area (Å²) in [5.41, 5.74) is 0.167. The number of nitrogens with zero attached hydrogens (tertiary/aromatic N) is 3. The third-order valence-corrected chi connectivity index (χ3v) is 6.75. The number of carboxylic acids is 1. The molecule has 0 spiro atoms. The van der Waals surface area contributed by atoms with Gasteiger partial charge in [0.15, 0.2) is 10.4 Å². The first-order chi connectivity index (χ1) is 11.2. The molecule has 0 bridgehead atoms. The molecule has 2 atom stereocenters. The molecule has 1 aromatic rings. The number of fused-ring (bicyclic) bond motifs is 1. The number of alkyl halides is 3. The summed E-state index contributed by atoms with van der Waals surface area (Å²) in [6, 6.07) is 0. The van der Waals surface area contributed by atoms with Crippen molar-refractivity contribution in [3.05, 3.63) is 16.3 Å². The topological polar surface area (TPSA) is 104 Å². The Morgan fingerprint density at radius 1 is 1.42 bits per heavy atom. The van der Waals surface area contributed by atoms with Gasteiger partial charge in [-0.15, -0.1) is 22.0 Å². The van der Waals surface area contributed by atoms with Crippen LogP contribution in [-0.4, -0.2) is 60.2 Å². The van der Waals surface area contributed by atoms with Crippen LogP contribution in [0.5, 0.6) is 0 Å². The van der Waals surface area contributed by atoms with E-state index in [0.29, 0.717) is 16.9 Å². The van der Waals surface area contributed by atoms with Gasteiger partial charge in [-0.05, 0) is 5.57 Å². The van der Waals surface area contributed by atoms with E-state index in [-0.39, 0.29) is 21.5 Å². The Bertz CT molecular complexity index is 736. The summed E-state index contributed by atoms with van der Waals surface area (Å²) in [6.07, 6.45) is -5.80. The fourth-order valence-corrected chi connectivity index (χ4v) is 5.30. The van der Waals surface area contributed by atoms with Gasteiger partial charge in [0.05, 0.1) is 0 Å². The van der Waals surface area contributed by atoms with E-state index in [9.17, 15) is 33.0 Å². The molecule has 1 aromatic heterocycles. The summed E-state index contributed by atoms with van der Waals surface area (Å²) in [7, 11) is 0. The molecule has 7 nitrogen and oxygen atoms in total. The largest absolute Gasteiger partial charge is 0.477 e. The van der Waals surface area contributed by atoms with Crippen molar-refractivity contribution in [2.45, 2.75) is 22.0 Å². The lowest BCUT2D eigenvalue weighted by Gasteiger charge is -2.47. The van der Waals surface area contributed by atoms with Crippen LogP contribution < -0.4 is 0 Å². The maximum atomic E-state index is 12.5. The summed E-state index contributed by atoms with van der Waals surface area (Å²) < 4.78 is 37.5. The van der Waals surface area contributed by atoms with Gasteiger partial charge < -0.3 is 10.2 Å². The zero-order chi connectivity index (χ0) is 17.6. The highest BCUT2D eigenvalue weighted by molar-refractivity contribution is 8.01. The summed E-state index contributed by atoms with van der Waals surface area (Å²) in [5.74, 6) is -1.69. The van der Waals surface area contributed by atoms with Crippen LogP contribution in [0.4, 0.5) is 13.2 Å². The lowest BCUT2D eigenvalue weighted by Crippen LogP contribution is -2.64. The number of carbonyl (C=O) groups excluding carboxylic acids is 1. The molecule has 0 aromatic carbocycles. The van der Waals surface area contributed by atoms with E-state index in [2.05, 4.69) is 10.2 Å². The van der Waals surface area contributed by atoms with Crippen molar-refractivity contribution in [3.8, 4) is 0 Å². The Hall–Kier alpha value is -1.31. The van der Waals surface area contributed by atoms with E-state index in [1.165, 1.54) is 11.8 Å². The highest BCUT2D eigenvalue weighted by Crippen LogP contribution is 2.42. The third-order valence-electron chi connectivity index (χ3n) is 3.24. The normalized spacial score (nSPS) is 24.0. The molecule has 3 heterocycles. The van der Waals surface area contributed by atoms with Gasteiger partial charge in [-0.3, -0.25) is 9.69 Å². The molecule has 0 aliphatic carbocycles. The number of amides is 1. The number of thioether (sulfide) groups is 2. The SMILES string of the molecule is O=C(O)C1=C(CSc2nnc(C(F)(F)F)s2)CS[C@@H]2[C@H](O)C(=O)N12. The third kappa shape index (κ3) is 3.00. The zero-order valence-corrected chi connectivity index (χ0v) is 13.9. The Labute approximate surface area is 144 Å². The lowest BCUT2D eigenvalue weighted by atomic mass is 10.1. The lowest BCUT2D eigenvalue weighted by molar-refractivity contribution is -0.159. The molecule has 0 unspecified atom stereocenters. The second-order valence-corrected chi connectivity index (χ2v) is 8.08. The van der Waals surface area contributed by atoms with Crippen molar-refractivity contribution in [1.29, 1.82) is 0 Å². The second-order valence-electron chi connectivity index (χ2n) is 4.77. The quantitative estimate of drug-likeness (QED) is 0.576. The van der Waals surface area contributed by atoms with Gasteiger partial charge in [-0.2, -0.15) is 13.2 Å². The predicted octanol–water partition coefficient (Wildman–Crippen LogP) is 1.26. The van der Waals surface area contributed by atoms with Crippen LogP contribution in [-0.2, 0) is 15.8 Å². The average molecular weight is 399 g/mol. The van der Waals surface area contributed by atoms with E-state index in [0.717, 1.165) is 16.7 Å². The number of carboxylic acid groups (broad SMARTS) is 1. The maximum absolute atomic E-state index is 12.5. The summed E-state index contributed by atoms with van der Waals surface area (Å²) in [4.78, 5) is 24.1. The van der Waals surface area contributed by atoms with Crippen LogP contribution in [0, 0.1) is 0 Å². The number of aliphatic carboxylic acids is 1. The Morgan fingerprint density at radius 2 is 2.12 bits per heavy atom. The summed E-state index contributed by atoms with van der Waals surface area (Å²) in [5, 5.41) is 23.6. The van der Waals surface area contributed by atoms with Crippen molar-refractivity contribution in [2.75, 3.05) is 11.5 Å². The minimum Gasteiger partial charge on any atom is -0.477 e. The van der Waals surface area contributed by atoms with E-state index in [1.54, 1.807) is 0 Å². The minimum absolute atomic E-state index is 0.0571. The molecule has 24 heavy (non-hydrogen) atoms. The fraction of sp³-hybridized carbons (Fsp3) is 0.455. The van der Waals surface area contributed by atoms with E-state index in [1.807, 2.05) is 0 Å². The van der Waals surface area contributed by atoms with Crippen LogP contribution in [0.15, 0.2) is 15.6 Å². The molecule has 2 N–H and O–H groups in total. The number of aliphatic hydroxyl groups is 1. The van der Waals surface area contributed by atoms with Crippen molar-refractivity contribution in [1.82, 2.24) is 15.1 Å². The van der Waals surface area contributed by atoms with E-state index in [4.69, 9.17) is 0 Å². The fourth-order valence-electron chi connectivity index (χ4n) is 2.17. The molecule has 0 radical (unpaired) electrons. The molecule has 1 fully saturated rings. The van der Waals surface area contributed by atoms with Crippen molar-refractivity contribution in [3.63, 3.8) is 0 Å². The zero-order valence-electron chi connectivity index (χ0n) is 11.5. The number of aliphatic hydroxyl groups excluding tert-OH is 1. The molecule has 13 heteroatoms. The number of β-lactam (4-membered cyclic amide) rings is 1. The van der Waals surface area contributed by atoms with Crippen LogP contribution in [0.3, 0.4) is 0 Å². The molecule has 130 valence electrons. The molecular weight excluding hydrogens is 391 g/mol. The highest BCUT2D eigenvalue weighted by Gasteiger charge is 2.52. The monoisotopic (exact) mass is 399 g/mol. The first-order valence-electron chi connectivity index (χ1n) is 6.31. The number of carbonyl (C=O) groups is 2. The van der Waals surface area contributed by atoms with Gasteiger partial charge in [0.25, 0.3) is 5.91 Å². The first kappa shape index (κ1) is 17.5. The maximum Gasteiger partial charge on any atom is 0.445 e. The van der Waals surface area contributed by atoms with Crippen LogP contribution in [0.2, 0.25) is 0 Å². The summed E-state index contributed by atoms with van der Waals surface area (Å²) in [6.45, 7) is 0. The molecule has 2 aliphatic rings. The number of rotatable bonds is 4. The average Bonchev–Trinajstić information content (AvgIpc) is 3.00. The van der Waals surface area contributed by atoms with E-state index < -0.39 is 34.5 Å². The Morgan fingerprint density at radius 3 is 2.71 bits per heavy atom. The second kappa shape index (κ2) is 6.20. The molecule has 3 rings (SSSR count). The summed E-state index contributed by atoms with van der Waals surface area (Å²) >= 11 is 2.50. The van der Waals surface area contributed by atoms with Crippen LogP contribution in [0.1, 0.15) is 5.01 Å². The number of hydrogen-bond donors (Lipinski definition) is 2. The van der Waals surface area contributed by atoms with Crippen LogP contribution in [0.25, 0.3) is 0 Å². The Balaban J connectivity index is 1.77. The van der Waals surface area contributed by atoms with Gasteiger partial charge >= 0.3 is 12.1 Å². The minimum atomic E-state index is -4.57. The molecule has 1 amide bonds. The van der Waals surface area contributed by atoms with E-state index >= 15 is 0 Å². The first-order valence-corrected chi connectivity index (χ1v) is 9.17. The molecular formula is C11H8F3N3O4S3. The van der Waals surface area contributed by atoms with Gasteiger partial charge in [-0.1, -0.05) is 23.1 Å². The Kier molecular flexibility index (Phi) is 4.53. The van der Waals surface area contributed by atoms with Gasteiger partial charge in [0.1, 0.15) is 11.1 Å². The van der Waals surface area contributed by atoms with Gasteiger partial charge in [0, 0.05) is 11.5 Å². The number of aromatic nitrogens is 2. The molecule has 2 aliphatic heterocycles. The number of hydrogen-bond acceptors (Lipinski definition) is 8. The van der Waals surface area contributed by atoms with Gasteiger partial charge in [-0.25, -0.2) is 4.79 Å². The highest BCUT2D eigenvalue weighted by atomic mass is 32.2. The van der Waals surface area contributed by atoms with Crippen molar-refractivity contribution >= 4 is 46.7 Å². The predicted molar refractivity (Wildman–Crippen MR) is 79.4 cm³/mol. The number of halogens is 3. The molecule has 0 saturated carbocycles. The van der Waals surface area contributed by atoms with Crippen LogP contribution >= 0.6 is 34.9 Å². The molecule has 1 saturated heterocycles. The van der Waals surface area contributed by atoms with Crippen molar-refractivity contribution in [2.24, 2.45) is 0 Å². The smallest absolute Gasteiger partial charge is 0.445 e.